The highest BCUT2D eigenvalue weighted by atomic mass is 19.1. The van der Waals surface area contributed by atoms with Crippen LogP contribution in [0.25, 0.3) is 11.2 Å². The molecule has 1 saturated heterocycles. The van der Waals surface area contributed by atoms with Gasteiger partial charge in [0, 0.05) is 31.4 Å². The smallest absolute Gasteiger partial charge is 0.224 e. The maximum absolute atomic E-state index is 14.3. The van der Waals surface area contributed by atoms with E-state index in [-0.39, 0.29) is 23.9 Å². The monoisotopic (exact) mass is 444 g/mol. The summed E-state index contributed by atoms with van der Waals surface area (Å²) >= 11 is 0. The van der Waals surface area contributed by atoms with Gasteiger partial charge in [0.2, 0.25) is 11.9 Å². The molecule has 0 atom stereocenters. The van der Waals surface area contributed by atoms with Crippen molar-refractivity contribution in [2.24, 2.45) is 0 Å². The maximum atomic E-state index is 14.3. The first-order valence-electron chi connectivity index (χ1n) is 11.1. The Labute approximate surface area is 184 Å². The number of aliphatic hydroxyl groups is 1. The summed E-state index contributed by atoms with van der Waals surface area (Å²) in [4.78, 5) is 13.8. The molecule has 2 aromatic heterocycles. The Balaban J connectivity index is 1.51. The summed E-state index contributed by atoms with van der Waals surface area (Å²) < 4.78 is 35.0. The molecule has 0 spiro atoms. The third kappa shape index (κ3) is 4.37. The molecule has 0 amide bonds. The number of aromatic nitrogens is 4. The van der Waals surface area contributed by atoms with Gasteiger partial charge in [0.1, 0.15) is 17.2 Å². The minimum Gasteiger partial charge on any atom is -0.393 e. The molecule has 2 aliphatic rings. The number of nitrogens with one attached hydrogen (secondary N) is 2. The Hall–Kier alpha value is -2.85. The number of ether oxygens (including phenoxy) is 1. The molecule has 2 fully saturated rings. The van der Waals surface area contributed by atoms with Crippen molar-refractivity contribution in [3.05, 3.63) is 36.0 Å². The van der Waals surface area contributed by atoms with E-state index in [0.717, 1.165) is 31.7 Å². The van der Waals surface area contributed by atoms with E-state index in [2.05, 4.69) is 20.6 Å². The molecule has 1 aromatic carbocycles. The van der Waals surface area contributed by atoms with Crippen LogP contribution < -0.4 is 10.6 Å². The fraction of sp³-hybridized carbons (Fsp3) is 0.500. The van der Waals surface area contributed by atoms with Gasteiger partial charge in [-0.25, -0.2) is 18.7 Å². The molecule has 5 rings (SSSR count). The van der Waals surface area contributed by atoms with Gasteiger partial charge in [-0.05, 0) is 50.7 Å². The first-order chi connectivity index (χ1) is 15.6. The van der Waals surface area contributed by atoms with Crippen molar-refractivity contribution in [1.29, 1.82) is 0 Å². The summed E-state index contributed by atoms with van der Waals surface area (Å²) in [7, 11) is 0. The zero-order valence-corrected chi connectivity index (χ0v) is 17.6. The lowest BCUT2D eigenvalue weighted by atomic mass is 9.93. The number of halogens is 2. The van der Waals surface area contributed by atoms with E-state index in [1.54, 1.807) is 6.20 Å². The molecule has 3 aromatic rings. The van der Waals surface area contributed by atoms with Gasteiger partial charge in [0.05, 0.1) is 18.0 Å². The van der Waals surface area contributed by atoms with Gasteiger partial charge in [-0.2, -0.15) is 4.98 Å². The van der Waals surface area contributed by atoms with Crippen molar-refractivity contribution < 1.29 is 18.6 Å². The number of nitrogens with zero attached hydrogens (tertiary/aromatic N) is 4. The minimum atomic E-state index is -0.698. The maximum Gasteiger partial charge on any atom is 0.224 e. The normalized spacial score (nSPS) is 22.2. The van der Waals surface area contributed by atoms with Crippen LogP contribution in [0, 0.1) is 11.6 Å². The molecule has 170 valence electrons. The van der Waals surface area contributed by atoms with Crippen LogP contribution in [0.5, 0.6) is 0 Å². The zero-order chi connectivity index (χ0) is 22.1. The molecule has 0 bridgehead atoms. The van der Waals surface area contributed by atoms with E-state index >= 15 is 0 Å². The van der Waals surface area contributed by atoms with Crippen molar-refractivity contribution in [3.63, 3.8) is 0 Å². The number of rotatable bonds is 5. The van der Waals surface area contributed by atoms with Gasteiger partial charge < -0.3 is 20.5 Å². The Bertz CT molecular complexity index is 1090. The lowest BCUT2D eigenvalue weighted by molar-refractivity contribution is 0.0903. The van der Waals surface area contributed by atoms with Crippen molar-refractivity contribution in [1.82, 2.24) is 19.5 Å². The molecule has 1 aliphatic carbocycles. The second kappa shape index (κ2) is 8.95. The van der Waals surface area contributed by atoms with Crippen molar-refractivity contribution in [2.75, 3.05) is 23.8 Å². The van der Waals surface area contributed by atoms with Crippen molar-refractivity contribution in [2.45, 2.75) is 56.7 Å². The predicted molar refractivity (Wildman–Crippen MR) is 116 cm³/mol. The zero-order valence-electron chi connectivity index (χ0n) is 17.6. The van der Waals surface area contributed by atoms with E-state index in [9.17, 15) is 13.9 Å². The summed E-state index contributed by atoms with van der Waals surface area (Å²) in [6, 6.07) is 3.67. The fourth-order valence-electron chi connectivity index (χ4n) is 4.45. The van der Waals surface area contributed by atoms with Crippen LogP contribution in [0.2, 0.25) is 0 Å². The highest BCUT2D eigenvalue weighted by Gasteiger charge is 2.27. The van der Waals surface area contributed by atoms with E-state index < -0.39 is 11.6 Å². The van der Waals surface area contributed by atoms with Crippen LogP contribution >= 0.6 is 0 Å². The lowest BCUT2D eigenvalue weighted by Crippen LogP contribution is -2.28. The van der Waals surface area contributed by atoms with Crippen molar-refractivity contribution >= 4 is 28.7 Å². The number of hydrogen-bond acceptors (Lipinski definition) is 7. The quantitative estimate of drug-likeness (QED) is 0.549. The molecule has 10 heteroatoms. The van der Waals surface area contributed by atoms with Gasteiger partial charge in [-0.15, -0.1) is 0 Å². The molecular formula is C22H26F2N6O2. The summed E-state index contributed by atoms with van der Waals surface area (Å²) in [5.74, 6) is -0.404. The van der Waals surface area contributed by atoms with Gasteiger partial charge in [0.25, 0.3) is 0 Å². The second-order valence-corrected chi connectivity index (χ2v) is 8.45. The first-order valence-corrected chi connectivity index (χ1v) is 11.1. The van der Waals surface area contributed by atoms with E-state index in [4.69, 9.17) is 9.72 Å². The second-order valence-electron chi connectivity index (χ2n) is 8.45. The van der Waals surface area contributed by atoms with Gasteiger partial charge in [0.15, 0.2) is 5.65 Å². The van der Waals surface area contributed by atoms with Gasteiger partial charge in [-0.1, -0.05) is 0 Å². The molecule has 0 unspecified atom stereocenters. The Morgan fingerprint density at radius 1 is 1.03 bits per heavy atom. The summed E-state index contributed by atoms with van der Waals surface area (Å²) in [6.07, 6.45) is 5.96. The average molecular weight is 444 g/mol. The van der Waals surface area contributed by atoms with Gasteiger partial charge in [-0.3, -0.25) is 4.57 Å². The summed E-state index contributed by atoms with van der Waals surface area (Å²) in [5.41, 5.74) is 1.35. The number of hydrogen-bond donors (Lipinski definition) is 3. The van der Waals surface area contributed by atoms with Gasteiger partial charge >= 0.3 is 0 Å². The Morgan fingerprint density at radius 3 is 2.56 bits per heavy atom. The van der Waals surface area contributed by atoms with Crippen molar-refractivity contribution in [3.8, 4) is 0 Å². The number of anilines is 3. The number of fused-ring (bicyclic) bond motifs is 1. The lowest BCUT2D eigenvalue weighted by Gasteiger charge is -2.28. The number of aliphatic hydroxyl groups excluding tert-OH is 1. The highest BCUT2D eigenvalue weighted by molar-refractivity contribution is 5.76. The summed E-state index contributed by atoms with van der Waals surface area (Å²) in [6.45, 7) is 1.42. The van der Waals surface area contributed by atoms with Crippen LogP contribution in [-0.2, 0) is 4.74 Å². The Kier molecular flexibility index (Phi) is 5.88. The highest BCUT2D eigenvalue weighted by Crippen LogP contribution is 2.35. The molecular weight excluding hydrogens is 418 g/mol. The number of benzene rings is 1. The third-order valence-corrected chi connectivity index (χ3v) is 6.20. The molecule has 8 nitrogen and oxygen atoms in total. The van der Waals surface area contributed by atoms with Crippen LogP contribution in [0.3, 0.4) is 0 Å². The topological polar surface area (TPSA) is 97.1 Å². The molecule has 3 heterocycles. The SMILES string of the molecule is O[C@H]1CC[C@@H](n2c(Nc3ccc(F)cc3F)nc3cnc(NC4CCOCC4)nc32)CC1. The van der Waals surface area contributed by atoms with E-state index in [1.165, 1.54) is 12.1 Å². The predicted octanol–water partition coefficient (Wildman–Crippen LogP) is 3.92. The minimum absolute atomic E-state index is 0.0419. The number of imidazole rings is 1. The molecule has 1 saturated carbocycles. The third-order valence-electron chi connectivity index (χ3n) is 6.20. The molecule has 3 N–H and O–H groups in total. The van der Waals surface area contributed by atoms with Crippen LogP contribution in [-0.4, -0.2) is 50.0 Å². The largest absolute Gasteiger partial charge is 0.393 e. The average Bonchev–Trinajstić information content (AvgIpc) is 3.14. The Morgan fingerprint density at radius 2 is 1.81 bits per heavy atom. The van der Waals surface area contributed by atoms with E-state index in [0.29, 0.717) is 49.1 Å². The fourth-order valence-corrected chi connectivity index (χ4v) is 4.45. The van der Waals surface area contributed by atoms with Crippen LogP contribution in [0.4, 0.5) is 26.4 Å². The van der Waals surface area contributed by atoms with Crippen LogP contribution in [0.15, 0.2) is 24.4 Å². The molecule has 1 aliphatic heterocycles. The first kappa shape index (κ1) is 21.0. The standard InChI is InChI=1S/C22H26F2N6O2/c23-13-1-6-18(17(24)11-13)27-22-28-19-12-25-21(26-14-7-9-32-10-8-14)29-20(19)30(22)15-2-4-16(31)5-3-15/h1,6,11-12,14-16,31H,2-5,7-10H2,(H,27,28)(H,25,26,29)/t15-,16+. The van der Waals surface area contributed by atoms with Crippen LogP contribution in [0.1, 0.15) is 44.6 Å². The molecule has 0 radical (unpaired) electrons. The molecule has 32 heavy (non-hydrogen) atoms. The summed E-state index contributed by atoms with van der Waals surface area (Å²) in [5, 5.41) is 16.3. The van der Waals surface area contributed by atoms with E-state index in [1.807, 2.05) is 4.57 Å².